The van der Waals surface area contributed by atoms with E-state index in [4.69, 9.17) is 9.47 Å². The molecule has 1 aliphatic heterocycles. The largest absolute Gasteiger partial charge is 2.00 e. The average Bonchev–Trinajstić information content (AvgIpc) is 3.00. The van der Waals surface area contributed by atoms with Gasteiger partial charge in [0.05, 0.1) is 0 Å². The van der Waals surface area contributed by atoms with Gasteiger partial charge in [0.2, 0.25) is 0 Å². The van der Waals surface area contributed by atoms with E-state index in [0.29, 0.717) is 24.4 Å². The normalized spacial score (nSPS) is 23.9. The molecule has 4 bridgehead atoms. The Balaban J connectivity index is -0.000000115. The van der Waals surface area contributed by atoms with Crippen LogP contribution in [0.2, 0.25) is 0 Å². The van der Waals surface area contributed by atoms with Crippen LogP contribution in [0.4, 0.5) is 0 Å². The Kier molecular flexibility index (Phi) is 43.5. The first-order valence-corrected chi connectivity index (χ1v) is 17.8. The van der Waals surface area contributed by atoms with Crippen LogP contribution in [-0.2, 0) is 21.1 Å². The minimum Gasteiger partial charge on any atom is -0.486 e. The van der Waals surface area contributed by atoms with Crippen molar-refractivity contribution < 1.29 is 61.7 Å². The number of rotatable bonds is 4. The van der Waals surface area contributed by atoms with Crippen LogP contribution in [0.25, 0.3) is 0 Å². The zero-order valence-corrected chi connectivity index (χ0v) is 39.7. The van der Waals surface area contributed by atoms with E-state index in [0.717, 1.165) is 53.4 Å². The Labute approximate surface area is 331 Å². The molecule has 0 aromatic heterocycles. The zero-order chi connectivity index (χ0) is 32.9. The van der Waals surface area contributed by atoms with Crippen molar-refractivity contribution in [3.8, 4) is 11.5 Å². The predicted octanol–water partition coefficient (Wildman–Crippen LogP) is 14.1. The van der Waals surface area contributed by atoms with Crippen molar-refractivity contribution >= 4 is 0 Å². The van der Waals surface area contributed by atoms with Gasteiger partial charge in [0.25, 0.3) is 0 Å². The molecule has 272 valence electrons. The Morgan fingerprint density at radius 1 is 0.783 bits per heavy atom. The summed E-state index contributed by atoms with van der Waals surface area (Å²) < 4.78 is 11.3. The summed E-state index contributed by atoms with van der Waals surface area (Å²) >= 11 is 0. The van der Waals surface area contributed by atoms with Crippen molar-refractivity contribution in [3.05, 3.63) is 52.5 Å². The van der Waals surface area contributed by atoms with Gasteiger partial charge in [0, 0.05) is 0 Å². The van der Waals surface area contributed by atoms with E-state index in [9.17, 15) is 0 Å². The molecule has 6 rings (SSSR count). The maximum absolute atomic E-state index is 5.77. The Hall–Kier alpha value is 0.560. The molecule has 4 aliphatic carbocycles. The van der Waals surface area contributed by atoms with Crippen molar-refractivity contribution in [2.75, 3.05) is 6.61 Å². The molecule has 1 aromatic carbocycles. The van der Waals surface area contributed by atoms with Crippen molar-refractivity contribution in [2.45, 2.75) is 155 Å². The van der Waals surface area contributed by atoms with E-state index in [1.54, 1.807) is 38.5 Å². The predicted molar refractivity (Wildman–Crippen MR) is 203 cm³/mol. The van der Waals surface area contributed by atoms with E-state index in [1.807, 2.05) is 72.7 Å². The third-order valence-electron chi connectivity index (χ3n) is 8.90. The van der Waals surface area contributed by atoms with E-state index in [1.165, 1.54) is 0 Å². The fraction of sp³-hybridized carbons (Fsp3) is 0.762. The van der Waals surface area contributed by atoms with E-state index in [2.05, 4.69) is 62.3 Å². The molecule has 0 N–H and O–H groups in total. The van der Waals surface area contributed by atoms with E-state index in [-0.39, 0.29) is 73.1 Å². The molecule has 0 spiro atoms. The summed E-state index contributed by atoms with van der Waals surface area (Å²) in [6.45, 7) is 39.4. The van der Waals surface area contributed by atoms with Crippen LogP contribution in [0.5, 0.6) is 11.5 Å². The SMILES string of the molecule is C.CC.CC.CC.CC(C)C12CC3CC(CC(C3)C1)C2.CC(C)C1COc2ccccc2O1.[CH2-]CC.[CH2-]CC([CH2-])C(C)C.[CH3-].[U+2].[W+2]. The van der Waals surface area contributed by atoms with Crippen LogP contribution in [0.3, 0.4) is 0 Å². The van der Waals surface area contributed by atoms with Gasteiger partial charge in [-0.1, -0.05) is 115 Å². The van der Waals surface area contributed by atoms with Crippen molar-refractivity contribution in [2.24, 2.45) is 46.8 Å². The van der Waals surface area contributed by atoms with Gasteiger partial charge in [-0.05, 0) is 85.7 Å². The molecule has 2 unspecified atom stereocenters. The van der Waals surface area contributed by atoms with Gasteiger partial charge < -0.3 is 37.7 Å². The summed E-state index contributed by atoms with van der Waals surface area (Å²) in [4.78, 5) is 0. The van der Waals surface area contributed by atoms with Gasteiger partial charge in [0.15, 0.2) is 11.5 Å². The molecule has 46 heavy (non-hydrogen) atoms. The smallest absolute Gasteiger partial charge is 0.486 e. The van der Waals surface area contributed by atoms with Crippen LogP contribution < -0.4 is 9.47 Å². The molecule has 5 aliphatic rings. The van der Waals surface area contributed by atoms with Gasteiger partial charge in [-0.15, -0.1) is 0 Å². The summed E-state index contributed by atoms with van der Waals surface area (Å²) in [7, 11) is 0. The Bertz CT molecular complexity index is 714. The summed E-state index contributed by atoms with van der Waals surface area (Å²) in [5, 5.41) is 0. The average molecular weight is 1040 g/mol. The maximum Gasteiger partial charge on any atom is 2.00 e. The fourth-order valence-electron chi connectivity index (χ4n) is 6.58. The molecular weight excluding hydrogens is 958 g/mol. The number of hydrogen-bond acceptors (Lipinski definition) is 2. The second-order valence-corrected chi connectivity index (χ2v) is 12.9. The maximum atomic E-state index is 5.77. The van der Waals surface area contributed by atoms with Crippen LogP contribution in [0.15, 0.2) is 24.3 Å². The molecule has 4 fully saturated rings. The second kappa shape index (κ2) is 34.0. The minimum absolute atomic E-state index is 0. The summed E-state index contributed by atoms with van der Waals surface area (Å²) in [5.41, 5.74) is 0.800. The van der Waals surface area contributed by atoms with Crippen LogP contribution in [0.1, 0.15) is 149 Å². The van der Waals surface area contributed by atoms with Crippen LogP contribution in [-0.4, -0.2) is 12.7 Å². The summed E-state index contributed by atoms with van der Waals surface area (Å²) in [5.74, 6) is 7.80. The number of para-hydroxylation sites is 2. The first-order chi connectivity index (χ1) is 20.0. The molecule has 4 heteroatoms. The molecule has 2 atom stereocenters. The third kappa shape index (κ3) is 20.9. The molecular formula is C42H82O2UW. The van der Waals surface area contributed by atoms with E-state index < -0.39 is 0 Å². The van der Waals surface area contributed by atoms with Gasteiger partial charge in [0.1, 0.15) is 12.7 Å². The standard InChI is InChI=1S/C13H22.C11H14O2.C7H14.C3H7.3C2H6.CH4.CH3.U.W/c1-9(2)13-6-10-3-11(7-13)5-12(4-10)8-13;1-8(2)11-7-12-9-5-3-4-6-10(9)13-11;1-5-7(4)6(2)3;1-3-2;3*1-2;;;;/h9-12H,3-8H2,1-2H3;3-6,8,11H,7H2,1-2H3;6-7H,1,4-5H2,2-3H3;1,3H2,2H3;3*1-2H3;1H4;1H3;;/q;;-2;-1;;;;;-1;2*+2. The molecule has 0 amide bonds. The summed E-state index contributed by atoms with van der Waals surface area (Å²) in [6, 6.07) is 7.80. The third-order valence-corrected chi connectivity index (χ3v) is 8.90. The van der Waals surface area contributed by atoms with Gasteiger partial charge in [-0.2, -0.15) is 12.3 Å². The van der Waals surface area contributed by atoms with Crippen molar-refractivity contribution in [1.82, 2.24) is 0 Å². The topological polar surface area (TPSA) is 18.5 Å². The van der Waals surface area contributed by atoms with Gasteiger partial charge in [-0.25, -0.2) is 6.42 Å². The Morgan fingerprint density at radius 2 is 1.15 bits per heavy atom. The fourth-order valence-corrected chi connectivity index (χ4v) is 6.58. The summed E-state index contributed by atoms with van der Waals surface area (Å²) in [6.07, 6.45) is 11.7. The van der Waals surface area contributed by atoms with Crippen molar-refractivity contribution in [1.29, 1.82) is 0 Å². The number of fused-ring (bicyclic) bond motifs is 1. The first kappa shape index (κ1) is 58.7. The molecule has 4 saturated carbocycles. The van der Waals surface area contributed by atoms with E-state index >= 15 is 0 Å². The molecule has 1 aromatic rings. The molecule has 2 nitrogen and oxygen atoms in total. The Morgan fingerprint density at radius 3 is 1.43 bits per heavy atom. The van der Waals surface area contributed by atoms with Gasteiger partial charge in [-0.3, -0.25) is 0 Å². The van der Waals surface area contributed by atoms with Crippen molar-refractivity contribution in [3.63, 3.8) is 0 Å². The monoisotopic (exact) mass is 1040 g/mol. The first-order valence-electron chi connectivity index (χ1n) is 17.8. The molecule has 0 saturated heterocycles. The second-order valence-electron chi connectivity index (χ2n) is 12.9. The zero-order valence-electron chi connectivity index (χ0n) is 32.6. The van der Waals surface area contributed by atoms with Crippen LogP contribution >= 0.6 is 0 Å². The number of hydrogen-bond donors (Lipinski definition) is 0. The number of benzene rings is 1. The number of ether oxygens (including phenoxy) is 2. The van der Waals surface area contributed by atoms with Crippen LogP contribution in [0, 0.1) is 106 Å². The molecule has 1 heterocycles. The molecule has 0 radical (unpaired) electrons. The quantitative estimate of drug-likeness (QED) is 0.280. The van der Waals surface area contributed by atoms with Gasteiger partial charge >= 0.3 is 52.2 Å². The minimum atomic E-state index is 0.